The highest BCUT2D eigenvalue weighted by atomic mass is 16.6. The van der Waals surface area contributed by atoms with Crippen LogP contribution in [-0.4, -0.2) is 23.3 Å². The number of aliphatic hydroxyl groups excluding tert-OH is 1. The number of rotatable bonds is 0. The third-order valence-electron chi connectivity index (χ3n) is 2.73. The third kappa shape index (κ3) is 0.966. The highest BCUT2D eigenvalue weighted by Gasteiger charge is 2.44. The van der Waals surface area contributed by atoms with Crippen LogP contribution in [0, 0.1) is 5.92 Å². The number of hydrogen-bond donors (Lipinski definition) is 1. The Morgan fingerprint density at radius 1 is 1.50 bits per heavy atom. The van der Waals surface area contributed by atoms with E-state index in [1.807, 2.05) is 0 Å². The van der Waals surface area contributed by atoms with E-state index in [1.165, 1.54) is 0 Å². The van der Waals surface area contributed by atoms with Crippen molar-refractivity contribution in [1.29, 1.82) is 0 Å². The summed E-state index contributed by atoms with van der Waals surface area (Å²) >= 11 is 0. The molecule has 0 aromatic rings. The maximum atomic E-state index is 11.1. The third-order valence-corrected chi connectivity index (χ3v) is 2.73. The van der Waals surface area contributed by atoms with Gasteiger partial charge in [0.2, 0.25) is 0 Å². The van der Waals surface area contributed by atoms with Crippen LogP contribution in [0.4, 0.5) is 0 Å². The van der Waals surface area contributed by atoms with Gasteiger partial charge in [-0.05, 0) is 19.3 Å². The van der Waals surface area contributed by atoms with E-state index in [0.29, 0.717) is 5.57 Å². The van der Waals surface area contributed by atoms with Crippen LogP contribution in [0.3, 0.4) is 0 Å². The van der Waals surface area contributed by atoms with E-state index in [9.17, 15) is 9.90 Å². The quantitative estimate of drug-likeness (QED) is 0.426. The Bertz CT molecular complexity index is 234. The standard InChI is InChI=1S/C9H12O3/c1-5-8-6(10)3-2-4-7(8)12-9(5)11/h6-8,10H,1-4H2/t6-,7-,8+/m1/s1. The smallest absolute Gasteiger partial charge is 0.334 e. The SMILES string of the molecule is C=C1C(=O)O[C@@H]2CCC[C@@H](O)[C@H]12. The first-order chi connectivity index (χ1) is 5.70. The monoisotopic (exact) mass is 168 g/mol. The zero-order chi connectivity index (χ0) is 8.72. The lowest BCUT2D eigenvalue weighted by Crippen LogP contribution is -2.33. The summed E-state index contributed by atoms with van der Waals surface area (Å²) in [6, 6.07) is 0. The Balaban J connectivity index is 2.23. The average Bonchev–Trinajstić information content (AvgIpc) is 2.29. The molecule has 0 aromatic carbocycles. The van der Waals surface area contributed by atoms with Crippen LogP contribution in [-0.2, 0) is 9.53 Å². The molecule has 0 spiro atoms. The lowest BCUT2D eigenvalue weighted by molar-refractivity contribution is -0.140. The second kappa shape index (κ2) is 2.59. The molecule has 0 radical (unpaired) electrons. The van der Waals surface area contributed by atoms with Crippen molar-refractivity contribution in [2.24, 2.45) is 5.92 Å². The highest BCUT2D eigenvalue weighted by Crippen LogP contribution is 2.37. The van der Waals surface area contributed by atoms with Gasteiger partial charge < -0.3 is 9.84 Å². The van der Waals surface area contributed by atoms with Crippen molar-refractivity contribution < 1.29 is 14.6 Å². The van der Waals surface area contributed by atoms with Crippen molar-refractivity contribution in [1.82, 2.24) is 0 Å². The molecule has 1 aliphatic carbocycles. The predicted molar refractivity (Wildman–Crippen MR) is 42.4 cm³/mol. The minimum absolute atomic E-state index is 0.103. The van der Waals surface area contributed by atoms with Crippen molar-refractivity contribution in [3.63, 3.8) is 0 Å². The molecule has 2 fully saturated rings. The van der Waals surface area contributed by atoms with Gasteiger partial charge in [-0.25, -0.2) is 4.79 Å². The molecule has 1 saturated carbocycles. The summed E-state index contributed by atoms with van der Waals surface area (Å²) in [5, 5.41) is 9.57. The Labute approximate surface area is 71.0 Å². The molecule has 3 nitrogen and oxygen atoms in total. The molecule has 1 saturated heterocycles. The molecule has 2 rings (SSSR count). The summed E-state index contributed by atoms with van der Waals surface area (Å²) in [5.74, 6) is -0.461. The largest absolute Gasteiger partial charge is 0.458 e. The van der Waals surface area contributed by atoms with Crippen molar-refractivity contribution in [2.45, 2.75) is 31.5 Å². The van der Waals surface area contributed by atoms with Gasteiger partial charge in [0.15, 0.2) is 0 Å². The van der Waals surface area contributed by atoms with E-state index in [0.717, 1.165) is 19.3 Å². The van der Waals surface area contributed by atoms with Gasteiger partial charge in [-0.3, -0.25) is 0 Å². The molecule has 0 bridgehead atoms. The van der Waals surface area contributed by atoms with Crippen molar-refractivity contribution in [3.05, 3.63) is 12.2 Å². The lowest BCUT2D eigenvalue weighted by Gasteiger charge is -2.27. The van der Waals surface area contributed by atoms with E-state index >= 15 is 0 Å². The maximum Gasteiger partial charge on any atom is 0.334 e. The molecule has 1 heterocycles. The number of fused-ring (bicyclic) bond motifs is 1. The van der Waals surface area contributed by atoms with Gasteiger partial charge >= 0.3 is 5.97 Å². The molecule has 0 amide bonds. The van der Waals surface area contributed by atoms with Gasteiger partial charge in [0.25, 0.3) is 0 Å². The van der Waals surface area contributed by atoms with Crippen molar-refractivity contribution in [2.75, 3.05) is 0 Å². The van der Waals surface area contributed by atoms with Gasteiger partial charge in [-0.15, -0.1) is 0 Å². The van der Waals surface area contributed by atoms with Gasteiger partial charge in [-0.2, -0.15) is 0 Å². The van der Waals surface area contributed by atoms with Crippen LogP contribution >= 0.6 is 0 Å². The molecule has 3 atom stereocenters. The zero-order valence-corrected chi connectivity index (χ0v) is 6.82. The molecule has 1 aliphatic heterocycles. The zero-order valence-electron chi connectivity index (χ0n) is 6.82. The van der Waals surface area contributed by atoms with E-state index in [4.69, 9.17) is 4.74 Å². The number of esters is 1. The van der Waals surface area contributed by atoms with Crippen LogP contribution in [0.2, 0.25) is 0 Å². The van der Waals surface area contributed by atoms with Gasteiger partial charge in [0.05, 0.1) is 12.0 Å². The van der Waals surface area contributed by atoms with E-state index in [2.05, 4.69) is 6.58 Å². The Morgan fingerprint density at radius 3 is 2.92 bits per heavy atom. The van der Waals surface area contributed by atoms with Gasteiger partial charge in [-0.1, -0.05) is 6.58 Å². The fourth-order valence-corrected chi connectivity index (χ4v) is 2.07. The molecular weight excluding hydrogens is 156 g/mol. The first kappa shape index (κ1) is 7.80. The lowest BCUT2D eigenvalue weighted by atomic mass is 9.81. The minimum Gasteiger partial charge on any atom is -0.458 e. The number of aliphatic hydroxyl groups is 1. The number of hydrogen-bond acceptors (Lipinski definition) is 3. The van der Waals surface area contributed by atoms with Crippen LogP contribution in [0.15, 0.2) is 12.2 Å². The van der Waals surface area contributed by atoms with Gasteiger partial charge in [0, 0.05) is 5.57 Å². The Morgan fingerprint density at radius 2 is 2.25 bits per heavy atom. The molecule has 0 aromatic heterocycles. The summed E-state index contributed by atoms with van der Waals surface area (Å²) in [4.78, 5) is 11.1. The van der Waals surface area contributed by atoms with Gasteiger partial charge in [0.1, 0.15) is 6.10 Å². The van der Waals surface area contributed by atoms with Crippen molar-refractivity contribution in [3.8, 4) is 0 Å². The maximum absolute atomic E-state index is 11.1. The van der Waals surface area contributed by atoms with Crippen LogP contribution in [0.25, 0.3) is 0 Å². The predicted octanol–water partition coefficient (Wildman–Crippen LogP) is 0.629. The number of ether oxygens (including phenoxy) is 1. The summed E-state index contributed by atoms with van der Waals surface area (Å²) in [6.45, 7) is 3.64. The van der Waals surface area contributed by atoms with Crippen LogP contribution in [0.5, 0.6) is 0 Å². The molecule has 2 aliphatic rings. The van der Waals surface area contributed by atoms with Crippen LogP contribution < -0.4 is 0 Å². The fraction of sp³-hybridized carbons (Fsp3) is 0.667. The van der Waals surface area contributed by atoms with Crippen LogP contribution in [0.1, 0.15) is 19.3 Å². The Hall–Kier alpha value is -0.830. The summed E-state index contributed by atoms with van der Waals surface area (Å²) in [5.41, 5.74) is 0.451. The summed E-state index contributed by atoms with van der Waals surface area (Å²) < 4.78 is 5.05. The molecule has 0 unspecified atom stereocenters. The summed E-state index contributed by atoms with van der Waals surface area (Å²) in [6.07, 6.45) is 2.03. The number of carbonyl (C=O) groups excluding carboxylic acids is 1. The normalized spacial score (nSPS) is 40.9. The Kier molecular flexibility index (Phi) is 1.68. The number of carbonyl (C=O) groups is 1. The minimum atomic E-state index is -0.428. The highest BCUT2D eigenvalue weighted by molar-refractivity contribution is 5.91. The molecule has 1 N–H and O–H groups in total. The first-order valence-corrected chi connectivity index (χ1v) is 4.28. The second-order valence-electron chi connectivity index (χ2n) is 3.49. The summed E-state index contributed by atoms with van der Waals surface area (Å²) in [7, 11) is 0. The van der Waals surface area contributed by atoms with Crippen molar-refractivity contribution >= 4 is 5.97 Å². The van der Waals surface area contributed by atoms with E-state index in [-0.39, 0.29) is 18.0 Å². The molecule has 12 heavy (non-hydrogen) atoms. The first-order valence-electron chi connectivity index (χ1n) is 4.28. The second-order valence-corrected chi connectivity index (χ2v) is 3.49. The molecule has 66 valence electrons. The molecule has 3 heteroatoms. The van der Waals surface area contributed by atoms with E-state index < -0.39 is 6.10 Å². The van der Waals surface area contributed by atoms with E-state index in [1.54, 1.807) is 0 Å². The topological polar surface area (TPSA) is 46.5 Å². The fourth-order valence-electron chi connectivity index (χ4n) is 2.07. The average molecular weight is 168 g/mol. The molecular formula is C9H12O3.